The average Bonchev–Trinajstić information content (AvgIpc) is 3.87. The molecule has 0 saturated carbocycles. The lowest BCUT2D eigenvalue weighted by molar-refractivity contribution is 0.655. The molecule has 51 heavy (non-hydrogen) atoms. The van der Waals surface area contributed by atoms with E-state index < -0.39 is 0 Å². The summed E-state index contributed by atoms with van der Waals surface area (Å²) in [6.07, 6.45) is 1.63. The number of thiophene rings is 1. The third kappa shape index (κ3) is 4.45. The van der Waals surface area contributed by atoms with Gasteiger partial charge >= 0.3 is 0 Å². The van der Waals surface area contributed by atoms with Crippen LogP contribution in [0, 0.1) is 0 Å². The SMILES string of the molecule is c1ccc(-c2ccc3c(c2)oc2cc4oc5c(-c6cccc(-c7cccc(-c8cccc9c8sc8ccccc89)c7)c6)ncnc5c4cc23)cc1. The molecule has 0 aliphatic rings. The number of fused-ring (bicyclic) bond motifs is 9. The Balaban J connectivity index is 0.997. The smallest absolute Gasteiger partial charge is 0.180 e. The minimum atomic E-state index is 0.665. The van der Waals surface area contributed by atoms with Crippen molar-refractivity contribution in [3.8, 4) is 44.6 Å². The molecule has 4 nitrogen and oxygen atoms in total. The van der Waals surface area contributed by atoms with Crippen LogP contribution in [0.5, 0.6) is 0 Å². The van der Waals surface area contributed by atoms with Gasteiger partial charge in [0.15, 0.2) is 5.58 Å². The van der Waals surface area contributed by atoms with Gasteiger partial charge in [0.2, 0.25) is 0 Å². The van der Waals surface area contributed by atoms with Gasteiger partial charge in [0.05, 0.1) is 0 Å². The average molecular weight is 671 g/mol. The molecule has 0 aliphatic carbocycles. The normalized spacial score (nSPS) is 11.9. The van der Waals surface area contributed by atoms with Crippen molar-refractivity contribution in [3.63, 3.8) is 0 Å². The van der Waals surface area contributed by atoms with E-state index in [4.69, 9.17) is 18.8 Å². The third-order valence-electron chi connectivity index (χ3n) is 10.00. The molecule has 0 saturated heterocycles. The summed E-state index contributed by atoms with van der Waals surface area (Å²) in [6.45, 7) is 0. The van der Waals surface area contributed by atoms with Gasteiger partial charge in [-0.15, -0.1) is 11.3 Å². The molecule has 0 atom stereocenters. The lowest BCUT2D eigenvalue weighted by Crippen LogP contribution is -1.88. The molecule has 5 heteroatoms. The fourth-order valence-electron chi connectivity index (χ4n) is 7.55. The second kappa shape index (κ2) is 11.0. The Hall–Kier alpha value is -6.56. The summed E-state index contributed by atoms with van der Waals surface area (Å²) >= 11 is 1.86. The maximum absolute atomic E-state index is 6.54. The van der Waals surface area contributed by atoms with Crippen LogP contribution in [0.1, 0.15) is 0 Å². The summed E-state index contributed by atoms with van der Waals surface area (Å²) < 4.78 is 15.5. The van der Waals surface area contributed by atoms with Crippen LogP contribution in [0.4, 0.5) is 0 Å². The summed E-state index contributed by atoms with van der Waals surface area (Å²) in [6, 6.07) is 53.5. The van der Waals surface area contributed by atoms with E-state index in [1.54, 1.807) is 6.33 Å². The lowest BCUT2D eigenvalue weighted by Gasteiger charge is -2.09. The first-order valence-corrected chi connectivity index (χ1v) is 17.8. The Morgan fingerprint density at radius 3 is 2.00 bits per heavy atom. The number of hydrogen-bond acceptors (Lipinski definition) is 5. The minimum Gasteiger partial charge on any atom is -0.456 e. The predicted molar refractivity (Wildman–Crippen MR) is 211 cm³/mol. The van der Waals surface area contributed by atoms with E-state index in [-0.39, 0.29) is 0 Å². The number of benzene rings is 7. The zero-order valence-corrected chi connectivity index (χ0v) is 27.9. The van der Waals surface area contributed by atoms with E-state index >= 15 is 0 Å². The molecule has 0 fully saturated rings. The highest BCUT2D eigenvalue weighted by Gasteiger charge is 2.19. The summed E-state index contributed by atoms with van der Waals surface area (Å²) in [4.78, 5) is 9.46. The first-order chi connectivity index (χ1) is 25.2. The van der Waals surface area contributed by atoms with E-state index in [1.165, 1.54) is 31.3 Å². The molecule has 0 spiro atoms. The van der Waals surface area contributed by atoms with Crippen LogP contribution >= 0.6 is 11.3 Å². The quantitative estimate of drug-likeness (QED) is 0.187. The summed E-state index contributed by atoms with van der Waals surface area (Å²) in [5.74, 6) is 0. The van der Waals surface area contributed by atoms with Crippen LogP contribution in [0.2, 0.25) is 0 Å². The van der Waals surface area contributed by atoms with Crippen LogP contribution in [-0.2, 0) is 0 Å². The van der Waals surface area contributed by atoms with Crippen molar-refractivity contribution in [1.82, 2.24) is 9.97 Å². The summed E-state index contributed by atoms with van der Waals surface area (Å²) in [5.41, 5.74) is 12.5. The largest absolute Gasteiger partial charge is 0.456 e. The molecule has 0 radical (unpaired) electrons. The van der Waals surface area contributed by atoms with Gasteiger partial charge < -0.3 is 8.83 Å². The lowest BCUT2D eigenvalue weighted by atomic mass is 9.96. The highest BCUT2D eigenvalue weighted by Crippen LogP contribution is 2.42. The Morgan fingerprint density at radius 2 is 1.10 bits per heavy atom. The first kappa shape index (κ1) is 28.3. The molecule has 0 bridgehead atoms. The van der Waals surface area contributed by atoms with Crippen LogP contribution < -0.4 is 0 Å². The van der Waals surface area contributed by atoms with Gasteiger partial charge in [0.1, 0.15) is 34.3 Å². The molecular formula is C46H26N2O2S. The zero-order chi connectivity index (χ0) is 33.5. The van der Waals surface area contributed by atoms with Gasteiger partial charge in [-0.05, 0) is 69.8 Å². The molecule has 0 unspecified atom stereocenters. The first-order valence-electron chi connectivity index (χ1n) is 17.0. The predicted octanol–water partition coefficient (Wildman–Crippen LogP) is 13.3. The van der Waals surface area contributed by atoms with Crippen molar-refractivity contribution in [3.05, 3.63) is 158 Å². The Bertz CT molecular complexity index is 3150. The molecule has 11 aromatic rings. The Kier molecular flexibility index (Phi) is 6.09. The van der Waals surface area contributed by atoms with Gasteiger partial charge in [-0.1, -0.05) is 109 Å². The number of furan rings is 2. The Morgan fingerprint density at radius 1 is 0.412 bits per heavy atom. The highest BCUT2D eigenvalue weighted by molar-refractivity contribution is 7.26. The molecular weight excluding hydrogens is 645 g/mol. The van der Waals surface area contributed by atoms with Gasteiger partial charge in [-0.2, -0.15) is 0 Å². The van der Waals surface area contributed by atoms with Crippen LogP contribution in [0.25, 0.3) is 109 Å². The molecule has 238 valence electrons. The Labute approximate surface area is 295 Å². The number of rotatable bonds is 4. The van der Waals surface area contributed by atoms with E-state index in [9.17, 15) is 0 Å². The van der Waals surface area contributed by atoms with Gasteiger partial charge in [0.25, 0.3) is 0 Å². The van der Waals surface area contributed by atoms with Crippen LogP contribution in [0.15, 0.2) is 167 Å². The van der Waals surface area contributed by atoms with Crippen molar-refractivity contribution in [2.75, 3.05) is 0 Å². The van der Waals surface area contributed by atoms with E-state index in [0.717, 1.165) is 71.9 Å². The van der Waals surface area contributed by atoms with Crippen LogP contribution in [0.3, 0.4) is 0 Å². The topological polar surface area (TPSA) is 52.1 Å². The van der Waals surface area contributed by atoms with E-state index in [0.29, 0.717) is 5.58 Å². The second-order valence-corrected chi connectivity index (χ2v) is 14.0. The standard InChI is InChI=1S/C46H26N2O2S/c1-2-9-27(10-3-1)30-19-20-34-37-24-38-41(25-40(37)49-39(34)23-30)50-45-43(47-26-48-44(38)45)32-14-7-12-29(22-32)28-11-6-13-31(21-28)33-16-8-17-36-35-15-4-5-18-42(35)51-46(33)36/h1-26H. The van der Waals surface area contributed by atoms with Crippen molar-refractivity contribution >= 4 is 75.5 Å². The molecule has 11 rings (SSSR count). The fourth-order valence-corrected chi connectivity index (χ4v) is 8.79. The summed E-state index contributed by atoms with van der Waals surface area (Å²) in [7, 11) is 0. The fraction of sp³-hybridized carbons (Fsp3) is 0. The monoisotopic (exact) mass is 670 g/mol. The molecule has 7 aromatic carbocycles. The van der Waals surface area contributed by atoms with Gasteiger partial charge in [0, 0.05) is 48.0 Å². The second-order valence-electron chi connectivity index (χ2n) is 13.0. The highest BCUT2D eigenvalue weighted by atomic mass is 32.1. The molecule has 4 aromatic heterocycles. The third-order valence-corrected chi connectivity index (χ3v) is 11.2. The molecule has 0 N–H and O–H groups in total. The molecule has 0 amide bonds. The van der Waals surface area contributed by atoms with Crippen LogP contribution in [-0.4, -0.2) is 9.97 Å². The van der Waals surface area contributed by atoms with E-state index in [1.807, 2.05) is 23.5 Å². The van der Waals surface area contributed by atoms with Crippen molar-refractivity contribution in [1.29, 1.82) is 0 Å². The van der Waals surface area contributed by atoms with Gasteiger partial charge in [-0.3, -0.25) is 0 Å². The zero-order valence-electron chi connectivity index (χ0n) is 27.1. The number of hydrogen-bond donors (Lipinski definition) is 0. The van der Waals surface area contributed by atoms with Gasteiger partial charge in [-0.25, -0.2) is 9.97 Å². The van der Waals surface area contributed by atoms with Crippen molar-refractivity contribution in [2.45, 2.75) is 0 Å². The molecule has 4 heterocycles. The number of aromatic nitrogens is 2. The number of nitrogens with zero attached hydrogens (tertiary/aromatic N) is 2. The van der Waals surface area contributed by atoms with E-state index in [2.05, 4.69) is 140 Å². The minimum absolute atomic E-state index is 0.665. The van der Waals surface area contributed by atoms with Crippen molar-refractivity contribution in [2.24, 2.45) is 0 Å². The maximum atomic E-state index is 6.54. The molecule has 0 aliphatic heterocycles. The maximum Gasteiger partial charge on any atom is 0.180 e. The van der Waals surface area contributed by atoms with Crippen molar-refractivity contribution < 1.29 is 8.83 Å². The summed E-state index contributed by atoms with van der Waals surface area (Å²) in [5, 5.41) is 5.65.